The number of nitrogens with one attached hydrogen (secondary N) is 2. The molecule has 0 radical (unpaired) electrons. The number of amides is 4. The fourth-order valence-electron chi connectivity index (χ4n) is 9.13. The van der Waals surface area contributed by atoms with Crippen LogP contribution in [0.4, 0.5) is 21.0 Å². The van der Waals surface area contributed by atoms with E-state index in [1.165, 1.54) is 66.3 Å². The number of hydrogen-bond donors (Lipinski definition) is 6. The predicted molar refractivity (Wildman–Crippen MR) is 216 cm³/mol. The van der Waals surface area contributed by atoms with Crippen LogP contribution in [-0.2, 0) is 84.3 Å². The van der Waals surface area contributed by atoms with Crippen molar-refractivity contribution in [2.24, 2.45) is 30.5 Å². The molecule has 0 saturated heterocycles. The molecule has 20 heteroatoms. The number of rotatable bonds is 4. The molecule has 0 saturated carbocycles. The van der Waals surface area contributed by atoms with Crippen molar-refractivity contribution in [3.63, 3.8) is 0 Å². The van der Waals surface area contributed by atoms with E-state index in [9.17, 15) is 18.0 Å². The molecule has 4 heterocycles. The lowest BCUT2D eigenvalue weighted by Crippen LogP contribution is -2.37. The molecule has 6 aliphatic rings. The summed E-state index contributed by atoms with van der Waals surface area (Å²) in [5, 5.41) is 25.9. The summed E-state index contributed by atoms with van der Waals surface area (Å²) in [5.41, 5.74) is 23.3. The summed E-state index contributed by atoms with van der Waals surface area (Å²) in [6.07, 6.45) is 14.8. The Kier molecular flexibility index (Phi) is 10.0. The molecule has 0 spiro atoms. The summed E-state index contributed by atoms with van der Waals surface area (Å²) in [5.74, 6) is 0.523. The van der Waals surface area contributed by atoms with Crippen molar-refractivity contribution in [1.29, 1.82) is 0 Å². The van der Waals surface area contributed by atoms with Gasteiger partial charge >= 0.3 is 12.1 Å². The van der Waals surface area contributed by atoms with E-state index >= 15 is 0 Å². The molecule has 0 fully saturated rings. The van der Waals surface area contributed by atoms with Crippen LogP contribution in [0, 0.1) is 0 Å². The van der Waals surface area contributed by atoms with Gasteiger partial charge in [-0.3, -0.25) is 0 Å². The van der Waals surface area contributed by atoms with Gasteiger partial charge in [-0.15, -0.1) is 8.73 Å². The number of fused-ring (bicyclic) bond motifs is 6. The summed E-state index contributed by atoms with van der Waals surface area (Å²) >= 11 is 0. The highest BCUT2D eigenvalue weighted by Gasteiger charge is 2.30. The second-order valence-electron chi connectivity index (χ2n) is 15.8. The average molecular weight is 833 g/mol. The Labute approximate surface area is 336 Å². The van der Waals surface area contributed by atoms with Gasteiger partial charge in [-0.25, -0.2) is 37.6 Å². The van der Waals surface area contributed by atoms with Crippen molar-refractivity contribution in [3.05, 3.63) is 69.0 Å². The Balaban J connectivity index is 0.000000150. The normalized spacial score (nSPS) is 21.5. The first kappa shape index (κ1) is 38.6. The zero-order chi connectivity index (χ0) is 40.3. The molecule has 2 unspecified atom stereocenters. The quantitative estimate of drug-likeness (QED) is 0.175. The Morgan fingerprint density at radius 1 is 0.621 bits per heavy atom. The third kappa shape index (κ3) is 7.25. The van der Waals surface area contributed by atoms with E-state index in [0.717, 1.165) is 88.4 Å². The minimum Gasteiger partial charge on any atom is -0.475 e. The number of anilines is 2. The van der Waals surface area contributed by atoms with Crippen LogP contribution in [0.3, 0.4) is 0 Å². The van der Waals surface area contributed by atoms with Crippen LogP contribution in [0.1, 0.15) is 70.2 Å². The maximum Gasteiger partial charge on any atom is 0.354 e. The third-order valence-electron chi connectivity index (χ3n) is 11.7. The van der Waals surface area contributed by atoms with Gasteiger partial charge < -0.3 is 31.6 Å². The van der Waals surface area contributed by atoms with Crippen molar-refractivity contribution in [2.75, 3.05) is 23.8 Å². The van der Waals surface area contributed by atoms with Crippen LogP contribution in [0.25, 0.3) is 0 Å². The minimum atomic E-state index is -3.51. The van der Waals surface area contributed by atoms with E-state index in [1.54, 1.807) is 0 Å². The van der Waals surface area contributed by atoms with E-state index in [-0.39, 0.29) is 46.8 Å². The van der Waals surface area contributed by atoms with Gasteiger partial charge in [0, 0.05) is 11.4 Å². The predicted octanol–water partition coefficient (Wildman–Crippen LogP) is 3.03. The number of hydrogen-bond acceptors (Lipinski definition) is 10. The average Bonchev–Trinajstić information content (AvgIpc) is 4.01. The Morgan fingerprint density at radius 2 is 0.966 bits per heavy atom. The second kappa shape index (κ2) is 15.1. The molecule has 4 aliphatic carbocycles. The van der Waals surface area contributed by atoms with Crippen molar-refractivity contribution in [3.8, 4) is 11.8 Å². The van der Waals surface area contributed by atoms with Gasteiger partial charge in [-0.05, 0) is 122 Å². The number of benzene rings is 2. The summed E-state index contributed by atoms with van der Waals surface area (Å²) in [7, 11) is -7.02. The van der Waals surface area contributed by atoms with Crippen molar-refractivity contribution in [1.82, 2.24) is 19.6 Å². The third-order valence-corrected chi connectivity index (χ3v) is 14.4. The lowest BCUT2D eigenvalue weighted by molar-refractivity contribution is 0.200. The molecule has 18 nitrogen and oxygen atoms in total. The molecule has 10 N–H and O–H groups in total. The zero-order valence-corrected chi connectivity index (χ0v) is 33.7. The summed E-state index contributed by atoms with van der Waals surface area (Å²) in [4.78, 5) is 25.7. The van der Waals surface area contributed by atoms with E-state index in [1.807, 2.05) is 0 Å². The van der Waals surface area contributed by atoms with E-state index in [2.05, 4.69) is 41.7 Å². The maximum atomic E-state index is 13.1. The molecule has 2 aliphatic heterocycles. The van der Waals surface area contributed by atoms with E-state index in [0.29, 0.717) is 13.1 Å². The van der Waals surface area contributed by atoms with Gasteiger partial charge in [0.1, 0.15) is 23.0 Å². The van der Waals surface area contributed by atoms with Crippen LogP contribution in [-0.4, -0.2) is 65.3 Å². The lowest BCUT2D eigenvalue weighted by atomic mass is 9.99. The SMILES string of the molecule is N[C@@H]1COc2c(S(N)(=O)=NC(=O)Nc3c4c(cc5c3CCC5)CCC4)cnn2C1.N[C@@H]1COc2c(S(N)(=O)=NC(=O)Nc3c4c(cc5c3CCC5)CCC4)cnn2C1. The Bertz CT molecular complexity index is 2380. The number of carbonyl (C=O) groups is 2. The van der Waals surface area contributed by atoms with Gasteiger partial charge in [0.15, 0.2) is 19.8 Å². The molecule has 0 bridgehead atoms. The van der Waals surface area contributed by atoms with E-state index in [4.69, 9.17) is 31.2 Å². The standard InChI is InChI=1S/2C19H24N6O3S/c2*20-13-9-25-18(28-10-13)16(8-22-25)29(21,27)24-19(26)23-17-14-5-1-3-11(14)7-12-4-2-6-15(12)17/h2*7-8,13H,1-6,9-10,20H2,(H3,21,23,24,26,27)/t2*13-,29?/m00/s1. The number of aryl methyl sites for hydroxylation is 4. The van der Waals surface area contributed by atoms with E-state index < -0.39 is 31.9 Å². The van der Waals surface area contributed by atoms with Crippen LogP contribution in [0.15, 0.2) is 43.0 Å². The molecule has 4 atom stereocenters. The first-order valence-corrected chi connectivity index (χ1v) is 22.9. The molecular formula is C38H48N12O6S2. The highest BCUT2D eigenvalue weighted by Crippen LogP contribution is 2.40. The zero-order valence-electron chi connectivity index (χ0n) is 32.0. The molecular weight excluding hydrogens is 785 g/mol. The fraction of sp³-hybridized carbons (Fsp3) is 0.474. The number of nitrogens with two attached hydrogens (primary N) is 4. The highest BCUT2D eigenvalue weighted by molar-refractivity contribution is 7.92. The van der Waals surface area contributed by atoms with Crippen molar-refractivity contribution >= 4 is 43.3 Å². The summed E-state index contributed by atoms with van der Waals surface area (Å²) in [6.45, 7) is 1.39. The first-order chi connectivity index (χ1) is 27.8. The number of urea groups is 2. The van der Waals surface area contributed by atoms with Gasteiger partial charge in [-0.2, -0.15) is 10.2 Å². The smallest absolute Gasteiger partial charge is 0.354 e. The number of carbonyl (C=O) groups excluding carboxylic acids is 2. The molecule has 58 heavy (non-hydrogen) atoms. The maximum absolute atomic E-state index is 13.1. The molecule has 2 aromatic heterocycles. The summed E-state index contributed by atoms with van der Waals surface area (Å²) in [6, 6.07) is 2.74. The minimum absolute atomic E-state index is 0.114. The van der Waals surface area contributed by atoms with Crippen LogP contribution >= 0.6 is 0 Å². The molecule has 10 rings (SSSR count). The largest absolute Gasteiger partial charge is 0.475 e. The van der Waals surface area contributed by atoms with Crippen LogP contribution in [0.2, 0.25) is 0 Å². The van der Waals surface area contributed by atoms with Crippen molar-refractivity contribution < 1.29 is 27.5 Å². The topological polar surface area (TPSA) is 275 Å². The lowest BCUT2D eigenvalue weighted by Gasteiger charge is -2.21. The highest BCUT2D eigenvalue weighted by atomic mass is 32.2. The summed E-state index contributed by atoms with van der Waals surface area (Å²) < 4.78 is 47.8. The van der Waals surface area contributed by atoms with Gasteiger partial charge in [-0.1, -0.05) is 12.1 Å². The van der Waals surface area contributed by atoms with Crippen LogP contribution < -0.4 is 41.9 Å². The first-order valence-electron chi connectivity index (χ1n) is 19.8. The van der Waals surface area contributed by atoms with Crippen molar-refractivity contribution in [2.45, 2.75) is 112 Å². The number of aromatic nitrogens is 4. The molecule has 308 valence electrons. The Hall–Kier alpha value is -4.86. The number of ether oxygens (including phenoxy) is 2. The molecule has 2 aromatic carbocycles. The Morgan fingerprint density at radius 3 is 1.31 bits per heavy atom. The van der Waals surface area contributed by atoms with Gasteiger partial charge in [0.2, 0.25) is 11.8 Å². The monoisotopic (exact) mass is 832 g/mol. The number of nitrogens with zero attached hydrogens (tertiary/aromatic N) is 6. The van der Waals surface area contributed by atoms with Gasteiger partial charge in [0.05, 0.1) is 37.6 Å². The van der Waals surface area contributed by atoms with Gasteiger partial charge in [0.25, 0.3) is 0 Å². The molecule has 4 aromatic rings. The molecule has 4 amide bonds. The fourth-order valence-corrected chi connectivity index (χ4v) is 11.1. The second-order valence-corrected chi connectivity index (χ2v) is 19.3. The van der Waals surface area contributed by atoms with Crippen LogP contribution in [0.5, 0.6) is 11.8 Å².